The lowest BCUT2D eigenvalue weighted by Crippen LogP contribution is -2.49. The summed E-state index contributed by atoms with van der Waals surface area (Å²) in [7, 11) is -3.02. The Morgan fingerprint density at radius 2 is 1.76 bits per heavy atom. The van der Waals surface area contributed by atoms with Crippen molar-refractivity contribution < 1.29 is 8.42 Å². The predicted octanol–water partition coefficient (Wildman–Crippen LogP) is 2.53. The first-order valence-electron chi connectivity index (χ1n) is 6.76. The van der Waals surface area contributed by atoms with Crippen molar-refractivity contribution in [2.45, 2.75) is 58.9 Å². The Bertz CT molecular complexity index is 359. The molecule has 0 aromatic rings. The van der Waals surface area contributed by atoms with Crippen molar-refractivity contribution in [2.75, 3.05) is 5.75 Å². The van der Waals surface area contributed by atoms with Crippen molar-refractivity contribution in [1.82, 2.24) is 4.72 Å². The van der Waals surface area contributed by atoms with Crippen molar-refractivity contribution >= 4 is 10.0 Å². The molecule has 0 atom stereocenters. The molecule has 1 N–H and O–H groups in total. The summed E-state index contributed by atoms with van der Waals surface area (Å²) in [6.45, 7) is 6.70. The third kappa shape index (κ3) is 3.44. The van der Waals surface area contributed by atoms with Crippen LogP contribution < -0.4 is 4.72 Å². The van der Waals surface area contributed by atoms with E-state index in [1.54, 1.807) is 0 Å². The van der Waals surface area contributed by atoms with Gasteiger partial charge in [0.15, 0.2) is 0 Å². The van der Waals surface area contributed by atoms with Gasteiger partial charge in [-0.25, -0.2) is 13.1 Å². The maximum absolute atomic E-state index is 11.9. The second kappa shape index (κ2) is 4.54. The standard InChI is InChI=1S/C13H25NO2S/c1-13(2,3)11-7-12(8-11)14-17(15,16)9-10-5-4-6-10/h10-12,14H,4-9H2,1-3H3. The molecule has 2 fully saturated rings. The third-order valence-electron chi connectivity index (χ3n) is 4.39. The summed E-state index contributed by atoms with van der Waals surface area (Å²) in [5.74, 6) is 1.44. The van der Waals surface area contributed by atoms with Gasteiger partial charge in [-0.05, 0) is 42.9 Å². The highest BCUT2D eigenvalue weighted by molar-refractivity contribution is 7.89. The Hall–Kier alpha value is -0.0900. The molecule has 2 aliphatic carbocycles. The zero-order valence-electron chi connectivity index (χ0n) is 11.2. The molecule has 2 aliphatic rings. The highest BCUT2D eigenvalue weighted by Crippen LogP contribution is 2.41. The molecule has 100 valence electrons. The van der Waals surface area contributed by atoms with Gasteiger partial charge < -0.3 is 0 Å². The summed E-state index contributed by atoms with van der Waals surface area (Å²) in [4.78, 5) is 0. The molecule has 0 aromatic carbocycles. The predicted molar refractivity (Wildman–Crippen MR) is 70.2 cm³/mol. The number of hydrogen-bond donors (Lipinski definition) is 1. The lowest BCUT2D eigenvalue weighted by molar-refractivity contribution is 0.110. The lowest BCUT2D eigenvalue weighted by Gasteiger charge is -2.44. The van der Waals surface area contributed by atoms with E-state index in [1.807, 2.05) is 0 Å². The van der Waals surface area contributed by atoms with Gasteiger partial charge in [-0.2, -0.15) is 0 Å². The molecule has 0 aromatic heterocycles. The maximum atomic E-state index is 11.9. The van der Waals surface area contributed by atoms with Crippen LogP contribution >= 0.6 is 0 Å². The van der Waals surface area contributed by atoms with Crippen LogP contribution in [0.25, 0.3) is 0 Å². The molecule has 0 amide bonds. The highest BCUT2D eigenvalue weighted by atomic mass is 32.2. The Morgan fingerprint density at radius 1 is 1.18 bits per heavy atom. The van der Waals surface area contributed by atoms with Gasteiger partial charge in [0.2, 0.25) is 10.0 Å². The maximum Gasteiger partial charge on any atom is 0.212 e. The van der Waals surface area contributed by atoms with Gasteiger partial charge in [-0.15, -0.1) is 0 Å². The van der Waals surface area contributed by atoms with Crippen LogP contribution in [0.3, 0.4) is 0 Å². The fraction of sp³-hybridized carbons (Fsp3) is 1.00. The third-order valence-corrected chi connectivity index (χ3v) is 5.99. The van der Waals surface area contributed by atoms with Gasteiger partial charge in [-0.3, -0.25) is 0 Å². The van der Waals surface area contributed by atoms with Crippen LogP contribution in [0.1, 0.15) is 52.9 Å². The second-order valence-corrected chi connectivity index (χ2v) is 8.73. The molecule has 0 radical (unpaired) electrons. The number of nitrogens with one attached hydrogen (secondary N) is 1. The van der Waals surface area contributed by atoms with Crippen LogP contribution in [0.2, 0.25) is 0 Å². The summed E-state index contributed by atoms with van der Waals surface area (Å²) >= 11 is 0. The van der Waals surface area contributed by atoms with Gasteiger partial charge in [0.25, 0.3) is 0 Å². The first kappa shape index (κ1) is 13.3. The van der Waals surface area contributed by atoms with Crippen LogP contribution in [0.4, 0.5) is 0 Å². The van der Waals surface area contributed by atoms with E-state index in [-0.39, 0.29) is 6.04 Å². The van der Waals surface area contributed by atoms with E-state index in [9.17, 15) is 8.42 Å². The average molecular weight is 259 g/mol. The van der Waals surface area contributed by atoms with Crippen molar-refractivity contribution in [2.24, 2.45) is 17.3 Å². The van der Waals surface area contributed by atoms with Crippen molar-refractivity contribution in [3.63, 3.8) is 0 Å². The Kier molecular flexibility index (Phi) is 3.56. The molecular weight excluding hydrogens is 234 g/mol. The smallest absolute Gasteiger partial charge is 0.212 e. The van der Waals surface area contributed by atoms with Crippen molar-refractivity contribution in [3.8, 4) is 0 Å². The minimum absolute atomic E-state index is 0.198. The van der Waals surface area contributed by atoms with Crippen LogP contribution in [0, 0.1) is 17.3 Å². The van der Waals surface area contributed by atoms with Gasteiger partial charge in [0.05, 0.1) is 5.75 Å². The topological polar surface area (TPSA) is 46.2 Å². The van der Waals surface area contributed by atoms with E-state index in [2.05, 4.69) is 25.5 Å². The second-order valence-electron chi connectivity index (χ2n) is 6.93. The monoisotopic (exact) mass is 259 g/mol. The largest absolute Gasteiger partial charge is 0.212 e. The summed E-state index contributed by atoms with van der Waals surface area (Å²) in [5.41, 5.74) is 0.315. The summed E-state index contributed by atoms with van der Waals surface area (Å²) in [5, 5.41) is 0. The zero-order valence-corrected chi connectivity index (χ0v) is 12.0. The van der Waals surface area contributed by atoms with E-state index >= 15 is 0 Å². The van der Waals surface area contributed by atoms with E-state index in [0.29, 0.717) is 23.0 Å². The van der Waals surface area contributed by atoms with E-state index in [1.165, 1.54) is 6.42 Å². The minimum atomic E-state index is -3.02. The summed E-state index contributed by atoms with van der Waals surface area (Å²) in [6, 6.07) is 0.198. The molecular formula is C13H25NO2S. The molecule has 0 heterocycles. The van der Waals surface area contributed by atoms with Gasteiger partial charge in [0.1, 0.15) is 0 Å². The van der Waals surface area contributed by atoms with E-state index in [0.717, 1.165) is 25.7 Å². The SMILES string of the molecule is CC(C)(C)C1CC(NS(=O)(=O)CC2CCC2)C1. The molecule has 2 saturated carbocycles. The molecule has 3 nitrogen and oxygen atoms in total. The number of sulfonamides is 1. The molecule has 2 rings (SSSR count). The molecule has 4 heteroatoms. The highest BCUT2D eigenvalue weighted by Gasteiger charge is 2.39. The molecule has 0 aliphatic heterocycles. The van der Waals surface area contributed by atoms with Crippen LogP contribution in [-0.2, 0) is 10.0 Å². The van der Waals surface area contributed by atoms with Gasteiger partial charge in [-0.1, -0.05) is 27.2 Å². The van der Waals surface area contributed by atoms with Gasteiger partial charge >= 0.3 is 0 Å². The first-order valence-corrected chi connectivity index (χ1v) is 8.41. The fourth-order valence-corrected chi connectivity index (χ4v) is 4.44. The van der Waals surface area contributed by atoms with Crippen molar-refractivity contribution in [1.29, 1.82) is 0 Å². The summed E-state index contributed by atoms with van der Waals surface area (Å²) in [6.07, 6.45) is 5.41. The Morgan fingerprint density at radius 3 is 2.18 bits per heavy atom. The lowest BCUT2D eigenvalue weighted by atomic mass is 9.66. The fourth-order valence-electron chi connectivity index (χ4n) is 2.69. The molecule has 0 bridgehead atoms. The van der Waals surface area contributed by atoms with Crippen LogP contribution in [0.5, 0.6) is 0 Å². The van der Waals surface area contributed by atoms with Crippen LogP contribution in [0.15, 0.2) is 0 Å². The Labute approximate surface area is 105 Å². The molecule has 0 unspecified atom stereocenters. The zero-order chi connectivity index (χ0) is 12.7. The number of rotatable bonds is 4. The normalized spacial score (nSPS) is 30.8. The molecule has 17 heavy (non-hydrogen) atoms. The van der Waals surface area contributed by atoms with E-state index in [4.69, 9.17) is 0 Å². The van der Waals surface area contributed by atoms with Crippen molar-refractivity contribution in [3.05, 3.63) is 0 Å². The van der Waals surface area contributed by atoms with E-state index < -0.39 is 10.0 Å². The summed E-state index contributed by atoms with van der Waals surface area (Å²) < 4.78 is 26.6. The first-order chi connectivity index (χ1) is 7.76. The van der Waals surface area contributed by atoms with Crippen LogP contribution in [-0.4, -0.2) is 20.2 Å². The quantitative estimate of drug-likeness (QED) is 0.843. The molecule has 0 spiro atoms. The average Bonchev–Trinajstić information content (AvgIpc) is 2.02. The molecule has 0 saturated heterocycles. The number of hydrogen-bond acceptors (Lipinski definition) is 2. The van der Waals surface area contributed by atoms with Gasteiger partial charge in [0, 0.05) is 6.04 Å². The Balaban J connectivity index is 1.75. The minimum Gasteiger partial charge on any atom is -0.212 e.